The third kappa shape index (κ3) is 10.6. The van der Waals surface area contributed by atoms with Crippen LogP contribution in [0.2, 0.25) is 0 Å². The third-order valence-electron chi connectivity index (χ3n) is 7.30. The van der Waals surface area contributed by atoms with E-state index in [0.29, 0.717) is 24.1 Å². The number of nitrogens with zero attached hydrogens (tertiary/aromatic N) is 1. The molecule has 0 aromatic heterocycles. The van der Waals surface area contributed by atoms with Crippen molar-refractivity contribution < 1.29 is 33.8 Å². The molecule has 248 valence electrons. The molecule has 2 aromatic carbocycles. The Morgan fingerprint density at radius 1 is 0.889 bits per heavy atom. The second kappa shape index (κ2) is 15.3. The summed E-state index contributed by atoms with van der Waals surface area (Å²) in [5, 5.41) is 17.3. The predicted octanol–water partition coefficient (Wildman–Crippen LogP) is 4.99. The number of carbonyl (C=O) groups is 4. The van der Waals surface area contributed by atoms with Gasteiger partial charge in [-0.2, -0.15) is 0 Å². The maximum Gasteiger partial charge on any atom is 0.316 e. The average Bonchev–Trinajstić information content (AvgIpc) is 3.45. The number of hydrogen-bond acceptors (Lipinski definition) is 8. The molecule has 0 saturated carbocycles. The number of esters is 2. The van der Waals surface area contributed by atoms with Gasteiger partial charge in [-0.05, 0) is 98.1 Å². The number of aliphatic hydroxyl groups excluding tert-OH is 1. The number of likely N-dealkylation sites (tertiary alicyclic amines) is 1. The minimum Gasteiger partial charge on any atom is -0.422 e. The average molecular weight is 691 g/mol. The standard InChI is InChI=1S/C34H47N3O7.BrH/c1-32(2,3)30(41)43-26-17-16-23(19-27(26)44-31(42)33(4,5)6)25(38)20-36-34(7,8)21-35-28(39)24-15-12-18-37(24)29(40)22-13-10-9-11-14-22;/h9-11,13-14,16-17,19,24-25,36,38H,12,15,18,20-21H2,1-8H3,(H,35,39);1H/t24-,25?;/m1./s1. The van der Waals surface area contributed by atoms with Crippen molar-refractivity contribution in [3.05, 3.63) is 59.7 Å². The minimum atomic E-state index is -1.00. The molecule has 0 radical (unpaired) electrons. The van der Waals surface area contributed by atoms with Gasteiger partial charge >= 0.3 is 11.9 Å². The van der Waals surface area contributed by atoms with E-state index in [1.807, 2.05) is 19.9 Å². The van der Waals surface area contributed by atoms with Gasteiger partial charge in [0.15, 0.2) is 11.5 Å². The predicted molar refractivity (Wildman–Crippen MR) is 177 cm³/mol. The number of ether oxygens (including phenoxy) is 2. The van der Waals surface area contributed by atoms with E-state index in [1.165, 1.54) is 12.1 Å². The molecular formula is C34H48BrN3O7. The van der Waals surface area contributed by atoms with Gasteiger partial charge in [-0.25, -0.2) is 0 Å². The van der Waals surface area contributed by atoms with Crippen molar-refractivity contribution in [1.29, 1.82) is 0 Å². The van der Waals surface area contributed by atoms with Crippen LogP contribution in [0.1, 0.15) is 90.3 Å². The first-order chi connectivity index (χ1) is 20.4. The fourth-order valence-electron chi connectivity index (χ4n) is 4.41. The van der Waals surface area contributed by atoms with Crippen LogP contribution < -0.4 is 20.1 Å². The molecule has 11 heteroatoms. The van der Waals surface area contributed by atoms with Crippen molar-refractivity contribution in [2.45, 2.75) is 85.9 Å². The molecule has 0 bridgehead atoms. The Kier molecular flexibility index (Phi) is 12.9. The number of nitrogens with one attached hydrogen (secondary N) is 2. The topological polar surface area (TPSA) is 134 Å². The molecule has 1 aliphatic rings. The van der Waals surface area contributed by atoms with Crippen LogP contribution in [0, 0.1) is 10.8 Å². The second-order valence-electron chi connectivity index (χ2n) is 14.0. The third-order valence-corrected chi connectivity index (χ3v) is 7.30. The van der Waals surface area contributed by atoms with Gasteiger partial charge in [-0.3, -0.25) is 19.2 Å². The van der Waals surface area contributed by atoms with Gasteiger partial charge in [-0.1, -0.05) is 24.3 Å². The molecule has 1 fully saturated rings. The van der Waals surface area contributed by atoms with Gasteiger partial charge in [-0.15, -0.1) is 17.0 Å². The summed E-state index contributed by atoms with van der Waals surface area (Å²) in [6.07, 6.45) is 0.351. The Morgan fingerprint density at radius 3 is 2.04 bits per heavy atom. The molecule has 2 atom stereocenters. The summed E-state index contributed by atoms with van der Waals surface area (Å²) >= 11 is 0. The van der Waals surface area contributed by atoms with Crippen LogP contribution in [-0.2, 0) is 14.4 Å². The van der Waals surface area contributed by atoms with E-state index >= 15 is 0 Å². The zero-order valence-electron chi connectivity index (χ0n) is 27.6. The highest BCUT2D eigenvalue weighted by Crippen LogP contribution is 2.34. The SMILES string of the molecule is Br.CC(C)(CNC(=O)[C@H]1CCCN1C(=O)c1ccccc1)NCC(O)c1ccc(OC(=O)C(C)(C)C)c(OC(=O)C(C)(C)C)c1. The lowest BCUT2D eigenvalue weighted by Gasteiger charge is -2.30. The molecule has 1 saturated heterocycles. The minimum absolute atomic E-state index is 0. The first-order valence-electron chi connectivity index (χ1n) is 15.0. The highest BCUT2D eigenvalue weighted by atomic mass is 79.9. The van der Waals surface area contributed by atoms with E-state index in [4.69, 9.17) is 9.47 Å². The Bertz CT molecular complexity index is 1350. The van der Waals surface area contributed by atoms with E-state index in [9.17, 15) is 24.3 Å². The summed E-state index contributed by atoms with van der Waals surface area (Å²) in [6.45, 7) is 15.0. The van der Waals surface area contributed by atoms with Gasteiger partial charge in [0.2, 0.25) is 5.91 Å². The number of halogens is 1. The van der Waals surface area contributed by atoms with E-state index in [-0.39, 0.29) is 53.4 Å². The molecule has 0 spiro atoms. The fourth-order valence-corrected chi connectivity index (χ4v) is 4.41. The number of amides is 2. The Balaban J connectivity index is 0.00000705. The molecule has 1 heterocycles. The largest absolute Gasteiger partial charge is 0.422 e. The zero-order chi connectivity index (χ0) is 32.9. The molecule has 0 aliphatic carbocycles. The molecule has 3 rings (SSSR count). The van der Waals surface area contributed by atoms with Crippen LogP contribution in [0.3, 0.4) is 0 Å². The molecule has 3 N–H and O–H groups in total. The Morgan fingerprint density at radius 2 is 1.47 bits per heavy atom. The summed E-state index contributed by atoms with van der Waals surface area (Å²) in [6, 6.07) is 13.0. The lowest BCUT2D eigenvalue weighted by Crippen LogP contribution is -2.53. The summed E-state index contributed by atoms with van der Waals surface area (Å²) in [4.78, 5) is 52.9. The van der Waals surface area contributed by atoms with Crippen LogP contribution in [0.25, 0.3) is 0 Å². The summed E-state index contributed by atoms with van der Waals surface area (Å²) in [5.74, 6) is -1.26. The summed E-state index contributed by atoms with van der Waals surface area (Å²) in [5.41, 5.74) is -1.18. The first-order valence-corrected chi connectivity index (χ1v) is 15.0. The van der Waals surface area contributed by atoms with E-state index in [1.54, 1.807) is 76.8 Å². The van der Waals surface area contributed by atoms with Crippen molar-refractivity contribution in [2.75, 3.05) is 19.6 Å². The molecule has 45 heavy (non-hydrogen) atoms. The maximum atomic E-state index is 13.1. The van der Waals surface area contributed by atoms with Gasteiger partial charge in [0.1, 0.15) is 6.04 Å². The van der Waals surface area contributed by atoms with Gasteiger partial charge < -0.3 is 30.1 Å². The van der Waals surface area contributed by atoms with Crippen molar-refractivity contribution in [3.8, 4) is 11.5 Å². The van der Waals surface area contributed by atoms with Crippen LogP contribution in [0.15, 0.2) is 48.5 Å². The van der Waals surface area contributed by atoms with Crippen LogP contribution in [0.5, 0.6) is 11.5 Å². The smallest absolute Gasteiger partial charge is 0.316 e. The molecule has 2 aromatic rings. The van der Waals surface area contributed by atoms with Gasteiger partial charge in [0.25, 0.3) is 5.91 Å². The van der Waals surface area contributed by atoms with Crippen molar-refractivity contribution in [3.63, 3.8) is 0 Å². The zero-order valence-corrected chi connectivity index (χ0v) is 29.3. The lowest BCUT2D eigenvalue weighted by atomic mass is 9.97. The highest BCUT2D eigenvalue weighted by Gasteiger charge is 2.35. The second-order valence-corrected chi connectivity index (χ2v) is 14.0. The summed E-state index contributed by atoms with van der Waals surface area (Å²) < 4.78 is 11.1. The molecule has 10 nitrogen and oxygen atoms in total. The van der Waals surface area contributed by atoms with Crippen molar-refractivity contribution >= 4 is 40.7 Å². The number of β-amino-alcohol motifs (C(OH)–C–C–N with tert-alkyl or cyclic N) is 1. The van der Waals surface area contributed by atoms with Crippen LogP contribution in [-0.4, -0.2) is 65.0 Å². The molecular weight excluding hydrogens is 642 g/mol. The Labute approximate surface area is 277 Å². The van der Waals surface area contributed by atoms with E-state index in [2.05, 4.69) is 10.6 Å². The monoisotopic (exact) mass is 689 g/mol. The highest BCUT2D eigenvalue weighted by molar-refractivity contribution is 8.93. The quantitative estimate of drug-likeness (QED) is 0.235. The number of rotatable bonds is 10. The fraction of sp³-hybridized carbons (Fsp3) is 0.529. The van der Waals surface area contributed by atoms with Crippen LogP contribution in [0.4, 0.5) is 0 Å². The number of benzene rings is 2. The summed E-state index contributed by atoms with van der Waals surface area (Å²) in [7, 11) is 0. The maximum absolute atomic E-state index is 13.1. The number of aliphatic hydroxyl groups is 1. The van der Waals surface area contributed by atoms with E-state index in [0.717, 1.165) is 6.42 Å². The lowest BCUT2D eigenvalue weighted by molar-refractivity contribution is -0.145. The molecule has 1 unspecified atom stereocenters. The number of hydrogen-bond donors (Lipinski definition) is 3. The van der Waals surface area contributed by atoms with Crippen molar-refractivity contribution in [1.82, 2.24) is 15.5 Å². The van der Waals surface area contributed by atoms with Gasteiger partial charge in [0, 0.05) is 30.7 Å². The number of carbonyl (C=O) groups excluding carboxylic acids is 4. The van der Waals surface area contributed by atoms with Gasteiger partial charge in [0.05, 0.1) is 16.9 Å². The normalized spacial score (nSPS) is 15.9. The van der Waals surface area contributed by atoms with Crippen molar-refractivity contribution in [2.24, 2.45) is 10.8 Å². The molecule has 1 aliphatic heterocycles. The first kappa shape index (κ1) is 37.9. The molecule has 2 amide bonds. The van der Waals surface area contributed by atoms with E-state index < -0.39 is 40.5 Å². The Hall–Kier alpha value is -3.28. The van der Waals surface area contributed by atoms with Crippen LogP contribution >= 0.6 is 17.0 Å².